The van der Waals surface area contributed by atoms with Crippen LogP contribution < -0.4 is 5.32 Å². The van der Waals surface area contributed by atoms with Crippen LogP contribution in [0.2, 0.25) is 0 Å². The average Bonchev–Trinajstić information content (AvgIpc) is 3.29. The lowest BCUT2D eigenvalue weighted by Gasteiger charge is -2.20. The lowest BCUT2D eigenvalue weighted by molar-refractivity contribution is -0.143. The predicted molar refractivity (Wildman–Crippen MR) is 278 cm³/mol. The van der Waals surface area contributed by atoms with Crippen LogP contribution in [0.1, 0.15) is 296 Å². The maximum Gasteiger partial charge on any atom is 0.305 e. The van der Waals surface area contributed by atoms with E-state index in [1.807, 2.05) is 6.08 Å². The van der Waals surface area contributed by atoms with Crippen LogP contribution in [0.3, 0.4) is 0 Å². The zero-order valence-electron chi connectivity index (χ0n) is 42.8. The van der Waals surface area contributed by atoms with Gasteiger partial charge in [-0.05, 0) is 77.0 Å². The Kier molecular flexibility index (Phi) is 52.1. The molecule has 0 rings (SSSR count). The molecule has 6 heteroatoms. The van der Waals surface area contributed by atoms with Crippen LogP contribution in [-0.2, 0) is 14.3 Å². The molecule has 0 aromatic carbocycles. The van der Waals surface area contributed by atoms with Crippen molar-refractivity contribution in [2.75, 3.05) is 13.2 Å². The van der Waals surface area contributed by atoms with Crippen LogP contribution >= 0.6 is 0 Å². The average molecular weight is 901 g/mol. The second-order valence-electron chi connectivity index (χ2n) is 19.3. The molecule has 0 aliphatic heterocycles. The minimum atomic E-state index is -0.864. The molecule has 3 N–H and O–H groups in total. The van der Waals surface area contributed by atoms with Crippen molar-refractivity contribution in [3.63, 3.8) is 0 Å². The van der Waals surface area contributed by atoms with Crippen LogP contribution in [0, 0.1) is 0 Å². The zero-order chi connectivity index (χ0) is 46.5. The molecule has 64 heavy (non-hydrogen) atoms. The normalized spacial score (nSPS) is 12.9. The van der Waals surface area contributed by atoms with Gasteiger partial charge in [0.25, 0.3) is 0 Å². The molecular weight excluding hydrogens is 791 g/mol. The Labute approximate surface area is 398 Å². The molecule has 376 valence electrons. The van der Waals surface area contributed by atoms with E-state index in [9.17, 15) is 19.8 Å². The Morgan fingerprint density at radius 2 is 0.750 bits per heavy atom. The summed E-state index contributed by atoms with van der Waals surface area (Å²) in [6.45, 7) is 4.79. The molecule has 0 saturated carbocycles. The second kappa shape index (κ2) is 53.7. The monoisotopic (exact) mass is 900 g/mol. The lowest BCUT2D eigenvalue weighted by Crippen LogP contribution is -2.45. The molecule has 6 nitrogen and oxygen atoms in total. The number of hydrogen-bond acceptors (Lipinski definition) is 5. The number of aliphatic hydroxyl groups excluding tert-OH is 2. The number of carbonyl (C=O) groups excluding carboxylic acids is 2. The van der Waals surface area contributed by atoms with E-state index in [4.69, 9.17) is 4.74 Å². The molecule has 0 saturated heterocycles. The van der Waals surface area contributed by atoms with Gasteiger partial charge in [0.2, 0.25) is 5.91 Å². The topological polar surface area (TPSA) is 95.9 Å². The fraction of sp³-hybridized carbons (Fsp3) is 0.862. The van der Waals surface area contributed by atoms with Crippen molar-refractivity contribution in [1.82, 2.24) is 5.32 Å². The predicted octanol–water partition coefficient (Wildman–Crippen LogP) is 17.2. The third-order valence-electron chi connectivity index (χ3n) is 12.9. The maximum atomic E-state index is 12.5. The van der Waals surface area contributed by atoms with Crippen LogP contribution in [-0.4, -0.2) is 47.4 Å². The smallest absolute Gasteiger partial charge is 0.305 e. The van der Waals surface area contributed by atoms with Gasteiger partial charge in [0.15, 0.2) is 0 Å². The fourth-order valence-electron chi connectivity index (χ4n) is 8.49. The van der Waals surface area contributed by atoms with Gasteiger partial charge in [-0.2, -0.15) is 0 Å². The number of unbranched alkanes of at least 4 members (excludes halogenated alkanes) is 37. The van der Waals surface area contributed by atoms with Crippen LogP contribution in [0.15, 0.2) is 36.5 Å². The van der Waals surface area contributed by atoms with Gasteiger partial charge in [-0.15, -0.1) is 0 Å². The van der Waals surface area contributed by atoms with E-state index in [2.05, 4.69) is 43.5 Å². The SMILES string of the molecule is CCCC/C=C\CCCCCCCC(=O)OCCCC/C=C\CCCCCCCC(=O)NC(CO)C(O)/C=C/CCCCCCCCCCCCCCCCCCCCCCCCC. The van der Waals surface area contributed by atoms with E-state index in [-0.39, 0.29) is 18.5 Å². The highest BCUT2D eigenvalue weighted by Crippen LogP contribution is 2.17. The van der Waals surface area contributed by atoms with E-state index >= 15 is 0 Å². The molecule has 2 unspecified atom stereocenters. The zero-order valence-corrected chi connectivity index (χ0v) is 42.8. The van der Waals surface area contributed by atoms with Crippen molar-refractivity contribution in [2.45, 2.75) is 309 Å². The Hall–Kier alpha value is -1.92. The number of aliphatic hydroxyl groups is 2. The lowest BCUT2D eigenvalue weighted by atomic mass is 10.0. The Morgan fingerprint density at radius 3 is 1.16 bits per heavy atom. The van der Waals surface area contributed by atoms with Gasteiger partial charge in [0.05, 0.1) is 25.4 Å². The Balaban J connectivity index is 3.54. The van der Waals surface area contributed by atoms with Crippen LogP contribution in [0.5, 0.6) is 0 Å². The summed E-state index contributed by atoms with van der Waals surface area (Å²) < 4.78 is 5.41. The van der Waals surface area contributed by atoms with Crippen LogP contribution in [0.25, 0.3) is 0 Å². The number of ether oxygens (including phenoxy) is 1. The first kappa shape index (κ1) is 62.1. The van der Waals surface area contributed by atoms with Crippen molar-refractivity contribution < 1.29 is 24.5 Å². The summed E-state index contributed by atoms with van der Waals surface area (Å²) in [5.74, 6) is -0.140. The van der Waals surface area contributed by atoms with Gasteiger partial charge in [-0.3, -0.25) is 9.59 Å². The molecule has 0 aliphatic rings. The fourth-order valence-corrected chi connectivity index (χ4v) is 8.49. The van der Waals surface area contributed by atoms with Gasteiger partial charge in [0.1, 0.15) is 0 Å². The summed E-state index contributed by atoms with van der Waals surface area (Å²) in [6.07, 6.45) is 66.0. The van der Waals surface area contributed by atoms with Gasteiger partial charge < -0.3 is 20.3 Å². The first-order chi connectivity index (χ1) is 31.5. The second-order valence-corrected chi connectivity index (χ2v) is 19.3. The van der Waals surface area contributed by atoms with Crippen molar-refractivity contribution in [2.24, 2.45) is 0 Å². The molecule has 1 amide bonds. The summed E-state index contributed by atoms with van der Waals surface area (Å²) in [5, 5.41) is 23.1. The summed E-state index contributed by atoms with van der Waals surface area (Å²) >= 11 is 0. The first-order valence-electron chi connectivity index (χ1n) is 28.3. The number of nitrogens with one attached hydrogen (secondary N) is 1. The molecule has 0 fully saturated rings. The van der Waals surface area contributed by atoms with Crippen molar-refractivity contribution in [3.8, 4) is 0 Å². The number of carbonyl (C=O) groups is 2. The third kappa shape index (κ3) is 49.5. The summed E-state index contributed by atoms with van der Waals surface area (Å²) in [7, 11) is 0. The standard InChI is InChI=1S/C58H109NO5/c1-3-5-7-9-11-13-15-16-17-18-19-20-21-22-23-24-25-26-27-28-31-34-38-42-46-50-56(61)55(54-60)59-57(62)51-47-43-39-35-32-29-33-37-41-45-49-53-64-58(63)52-48-44-40-36-30-14-12-10-8-6-4-2/h10,12,33,37,46,50,55-56,60-61H,3-9,11,13-32,34-36,38-45,47-49,51-54H2,1-2H3,(H,59,62)/b12-10-,37-33-,50-46+. The summed E-state index contributed by atoms with van der Waals surface area (Å²) in [6, 6.07) is -0.651. The molecule has 0 aliphatic carbocycles. The minimum Gasteiger partial charge on any atom is -0.466 e. The van der Waals surface area contributed by atoms with Crippen molar-refractivity contribution in [1.29, 1.82) is 0 Å². The molecular formula is C58H109NO5. The Morgan fingerprint density at radius 1 is 0.422 bits per heavy atom. The van der Waals surface area contributed by atoms with E-state index in [0.29, 0.717) is 19.4 Å². The minimum absolute atomic E-state index is 0.0439. The molecule has 0 radical (unpaired) electrons. The van der Waals surface area contributed by atoms with Gasteiger partial charge >= 0.3 is 5.97 Å². The van der Waals surface area contributed by atoms with E-state index < -0.39 is 12.1 Å². The quantitative estimate of drug-likeness (QED) is 0.0321. The number of amides is 1. The maximum absolute atomic E-state index is 12.5. The molecule has 0 aromatic heterocycles. The van der Waals surface area contributed by atoms with E-state index in [1.54, 1.807) is 6.08 Å². The summed E-state index contributed by atoms with van der Waals surface area (Å²) in [5.41, 5.74) is 0. The molecule has 0 spiro atoms. The van der Waals surface area contributed by atoms with E-state index in [0.717, 1.165) is 83.5 Å². The number of allylic oxidation sites excluding steroid dienone is 5. The third-order valence-corrected chi connectivity index (χ3v) is 12.9. The van der Waals surface area contributed by atoms with Gasteiger partial charge in [0, 0.05) is 12.8 Å². The van der Waals surface area contributed by atoms with Crippen molar-refractivity contribution >= 4 is 11.9 Å². The molecule has 0 heterocycles. The van der Waals surface area contributed by atoms with Gasteiger partial charge in [-0.1, -0.05) is 243 Å². The highest BCUT2D eigenvalue weighted by Gasteiger charge is 2.18. The Bertz CT molecular complexity index is 1040. The molecule has 0 bridgehead atoms. The summed E-state index contributed by atoms with van der Waals surface area (Å²) in [4.78, 5) is 24.4. The first-order valence-corrected chi connectivity index (χ1v) is 28.3. The number of hydrogen-bond donors (Lipinski definition) is 3. The highest BCUT2D eigenvalue weighted by atomic mass is 16.5. The number of esters is 1. The highest BCUT2D eigenvalue weighted by molar-refractivity contribution is 5.76. The van der Waals surface area contributed by atoms with Crippen molar-refractivity contribution in [3.05, 3.63) is 36.5 Å². The van der Waals surface area contributed by atoms with Gasteiger partial charge in [-0.25, -0.2) is 0 Å². The largest absolute Gasteiger partial charge is 0.466 e. The van der Waals surface area contributed by atoms with Crippen LogP contribution in [0.4, 0.5) is 0 Å². The number of rotatable bonds is 52. The molecule has 0 aromatic rings. The molecule has 2 atom stereocenters. The van der Waals surface area contributed by atoms with E-state index in [1.165, 1.54) is 186 Å².